The van der Waals surface area contributed by atoms with Crippen LogP contribution < -0.4 is 0 Å². The Balaban J connectivity index is 1.97. The molecule has 0 aliphatic rings. The van der Waals surface area contributed by atoms with Gasteiger partial charge in [-0.25, -0.2) is 0 Å². The Kier molecular flexibility index (Phi) is 3.75. The average Bonchev–Trinajstić information content (AvgIpc) is 2.90. The largest absolute Gasteiger partial charge is 0.504 e. The molecule has 3 aromatic rings. The zero-order chi connectivity index (χ0) is 15.5. The quantitative estimate of drug-likeness (QED) is 0.390. The van der Waals surface area contributed by atoms with Crippen LogP contribution in [-0.4, -0.2) is 36.3 Å². The third-order valence-corrected chi connectivity index (χ3v) is 3.12. The zero-order valence-electron chi connectivity index (χ0n) is 11.2. The van der Waals surface area contributed by atoms with Crippen LogP contribution in [0.5, 0.6) is 11.5 Å². The van der Waals surface area contributed by atoms with Crippen LogP contribution in [0.3, 0.4) is 0 Å². The van der Waals surface area contributed by atoms with Gasteiger partial charge in [0.2, 0.25) is 11.0 Å². The van der Waals surface area contributed by atoms with Gasteiger partial charge in [0.05, 0.1) is 6.21 Å². The zero-order valence-corrected chi connectivity index (χ0v) is 12.1. The van der Waals surface area contributed by atoms with Gasteiger partial charge in [-0.2, -0.15) is 9.78 Å². The third kappa shape index (κ3) is 2.77. The van der Waals surface area contributed by atoms with Crippen LogP contribution in [-0.2, 0) is 0 Å². The fourth-order valence-corrected chi connectivity index (χ4v) is 1.97. The fraction of sp³-hybridized carbons (Fsp3) is 0. The van der Waals surface area contributed by atoms with Gasteiger partial charge in [-0.3, -0.25) is 4.98 Å². The monoisotopic (exact) mass is 313 g/mol. The van der Waals surface area contributed by atoms with Crippen LogP contribution in [0.2, 0.25) is 0 Å². The highest BCUT2D eigenvalue weighted by Crippen LogP contribution is 2.24. The minimum absolute atomic E-state index is 0.189. The Bertz CT molecular complexity index is 833. The molecule has 2 heterocycles. The summed E-state index contributed by atoms with van der Waals surface area (Å²) < 4.78 is 1.43. The molecular formula is C14H11N5O2S. The van der Waals surface area contributed by atoms with E-state index in [1.54, 1.807) is 24.4 Å². The number of pyridine rings is 1. The first-order valence-electron chi connectivity index (χ1n) is 6.27. The summed E-state index contributed by atoms with van der Waals surface area (Å²) in [6.07, 6.45) is 3.14. The van der Waals surface area contributed by atoms with Gasteiger partial charge in [-0.05, 0) is 35.9 Å². The topological polar surface area (TPSA) is 96.4 Å². The summed E-state index contributed by atoms with van der Waals surface area (Å²) in [5, 5.41) is 31.2. The molecular weight excluding hydrogens is 302 g/mol. The summed E-state index contributed by atoms with van der Waals surface area (Å²) in [5.41, 5.74) is 1.21. The van der Waals surface area contributed by atoms with Crippen molar-refractivity contribution in [2.45, 2.75) is 5.16 Å². The summed E-state index contributed by atoms with van der Waals surface area (Å²) in [4.78, 5) is 4.20. The summed E-state index contributed by atoms with van der Waals surface area (Å²) in [5.74, 6) is 0.0408. The minimum Gasteiger partial charge on any atom is -0.504 e. The molecule has 0 saturated heterocycles. The molecule has 7 nitrogen and oxygen atoms in total. The van der Waals surface area contributed by atoms with Gasteiger partial charge < -0.3 is 10.2 Å². The lowest BCUT2D eigenvalue weighted by Crippen LogP contribution is -1.96. The number of nitrogens with zero attached hydrogens (tertiary/aromatic N) is 5. The number of phenolic OH excluding ortho intramolecular Hbond substituents is 2. The SMILES string of the molecule is Oc1ccc(/C=N/n2c(S)nnc2-c2ccccn2)cc1O. The van der Waals surface area contributed by atoms with Gasteiger partial charge in [-0.15, -0.1) is 22.8 Å². The van der Waals surface area contributed by atoms with E-state index in [1.165, 1.54) is 23.0 Å². The maximum absolute atomic E-state index is 9.48. The van der Waals surface area contributed by atoms with Crippen molar-refractivity contribution in [2.75, 3.05) is 0 Å². The van der Waals surface area contributed by atoms with E-state index in [4.69, 9.17) is 0 Å². The molecule has 0 bridgehead atoms. The second kappa shape index (κ2) is 5.86. The standard InChI is InChI=1S/C14H11N5O2S/c20-11-5-4-9(7-12(11)21)8-16-19-13(17-18-14(19)22)10-3-1-2-6-15-10/h1-8,20-21H,(H,18,22)/b16-8+. The van der Waals surface area contributed by atoms with Crippen LogP contribution in [0.4, 0.5) is 0 Å². The Hall–Kier alpha value is -2.87. The first-order valence-corrected chi connectivity index (χ1v) is 6.72. The predicted octanol–water partition coefficient (Wildman–Crippen LogP) is 1.92. The maximum Gasteiger partial charge on any atom is 0.209 e. The molecule has 3 rings (SSSR count). The van der Waals surface area contributed by atoms with Crippen molar-refractivity contribution in [3.8, 4) is 23.0 Å². The molecule has 0 aliphatic heterocycles. The van der Waals surface area contributed by atoms with Gasteiger partial charge in [-0.1, -0.05) is 6.07 Å². The van der Waals surface area contributed by atoms with E-state index in [9.17, 15) is 10.2 Å². The number of aromatic hydroxyl groups is 2. The van der Waals surface area contributed by atoms with Crippen molar-refractivity contribution in [1.82, 2.24) is 19.9 Å². The van der Waals surface area contributed by atoms with Gasteiger partial charge in [0, 0.05) is 6.20 Å². The van der Waals surface area contributed by atoms with Gasteiger partial charge in [0.1, 0.15) is 5.69 Å². The Morgan fingerprint density at radius 2 is 1.95 bits per heavy atom. The molecule has 22 heavy (non-hydrogen) atoms. The van der Waals surface area contributed by atoms with Crippen LogP contribution in [0.15, 0.2) is 52.9 Å². The lowest BCUT2D eigenvalue weighted by molar-refractivity contribution is 0.403. The molecule has 8 heteroatoms. The number of benzene rings is 1. The lowest BCUT2D eigenvalue weighted by atomic mass is 10.2. The van der Waals surface area contributed by atoms with Gasteiger partial charge in [0.15, 0.2) is 11.5 Å². The smallest absolute Gasteiger partial charge is 0.209 e. The van der Waals surface area contributed by atoms with E-state index in [1.807, 2.05) is 6.07 Å². The molecule has 0 atom stereocenters. The van der Waals surface area contributed by atoms with Crippen LogP contribution >= 0.6 is 12.6 Å². The molecule has 0 radical (unpaired) electrons. The van der Waals surface area contributed by atoms with E-state index >= 15 is 0 Å². The normalized spacial score (nSPS) is 11.1. The summed E-state index contributed by atoms with van der Waals surface area (Å²) in [7, 11) is 0. The van der Waals surface area contributed by atoms with Crippen LogP contribution in [0, 0.1) is 0 Å². The van der Waals surface area contributed by atoms with Crippen molar-refractivity contribution in [2.24, 2.45) is 5.10 Å². The Morgan fingerprint density at radius 1 is 1.09 bits per heavy atom. The Labute approximate surface area is 131 Å². The van der Waals surface area contributed by atoms with Crippen LogP contribution in [0.25, 0.3) is 11.5 Å². The van der Waals surface area contributed by atoms with Gasteiger partial charge in [0.25, 0.3) is 0 Å². The van der Waals surface area contributed by atoms with Crippen molar-refractivity contribution < 1.29 is 10.2 Å². The second-order valence-electron chi connectivity index (χ2n) is 4.34. The first-order chi connectivity index (χ1) is 10.6. The van der Waals surface area contributed by atoms with E-state index in [2.05, 4.69) is 32.9 Å². The second-order valence-corrected chi connectivity index (χ2v) is 4.74. The molecule has 0 aliphatic carbocycles. The molecule has 0 amide bonds. The summed E-state index contributed by atoms with van der Waals surface area (Å²) >= 11 is 4.21. The number of hydrogen-bond acceptors (Lipinski definition) is 7. The summed E-state index contributed by atoms with van der Waals surface area (Å²) in [6.45, 7) is 0. The molecule has 1 aromatic carbocycles. The molecule has 110 valence electrons. The fourth-order valence-electron chi connectivity index (χ4n) is 1.78. The maximum atomic E-state index is 9.48. The van der Waals surface area contributed by atoms with Crippen molar-refractivity contribution in [3.63, 3.8) is 0 Å². The van der Waals surface area contributed by atoms with Crippen molar-refractivity contribution in [3.05, 3.63) is 48.2 Å². The molecule has 2 aromatic heterocycles. The average molecular weight is 313 g/mol. The van der Waals surface area contributed by atoms with Gasteiger partial charge >= 0.3 is 0 Å². The predicted molar refractivity (Wildman–Crippen MR) is 83.3 cm³/mol. The van der Waals surface area contributed by atoms with Crippen molar-refractivity contribution in [1.29, 1.82) is 0 Å². The molecule has 0 saturated carbocycles. The number of aromatic nitrogens is 4. The number of hydrogen-bond donors (Lipinski definition) is 3. The van der Waals surface area contributed by atoms with E-state index < -0.39 is 0 Å². The van der Waals surface area contributed by atoms with E-state index in [0.717, 1.165) is 0 Å². The highest BCUT2D eigenvalue weighted by Gasteiger charge is 2.11. The molecule has 0 fully saturated rings. The first kappa shape index (κ1) is 14.1. The highest BCUT2D eigenvalue weighted by atomic mass is 32.1. The summed E-state index contributed by atoms with van der Waals surface area (Å²) in [6, 6.07) is 9.80. The molecule has 2 N–H and O–H groups in total. The lowest BCUT2D eigenvalue weighted by Gasteiger charge is -2.01. The number of thiol groups is 1. The highest BCUT2D eigenvalue weighted by molar-refractivity contribution is 7.80. The molecule has 0 spiro atoms. The number of rotatable bonds is 3. The minimum atomic E-state index is -0.219. The third-order valence-electron chi connectivity index (χ3n) is 2.84. The van der Waals surface area contributed by atoms with Crippen molar-refractivity contribution >= 4 is 18.8 Å². The number of phenols is 2. The van der Waals surface area contributed by atoms with E-state index in [-0.39, 0.29) is 11.5 Å². The Morgan fingerprint density at radius 3 is 2.68 bits per heavy atom. The molecule has 0 unspecified atom stereocenters. The van der Waals surface area contributed by atoms with E-state index in [0.29, 0.717) is 22.2 Å². The van der Waals surface area contributed by atoms with Crippen LogP contribution in [0.1, 0.15) is 5.56 Å².